The highest BCUT2D eigenvalue weighted by molar-refractivity contribution is 7.15. The molecule has 10 heteroatoms. The second-order valence-electron chi connectivity index (χ2n) is 4.03. The van der Waals surface area contributed by atoms with Crippen LogP contribution in [0.15, 0.2) is 6.20 Å². The summed E-state index contributed by atoms with van der Waals surface area (Å²) in [5, 5.41) is 21.8. The number of rotatable bonds is 6. The summed E-state index contributed by atoms with van der Waals surface area (Å²) >= 11 is 1.31. The number of hydrogen-bond donors (Lipinski definition) is 3. The summed E-state index contributed by atoms with van der Waals surface area (Å²) in [5.41, 5.74) is 5.47. The lowest BCUT2D eigenvalue weighted by Crippen LogP contribution is -2.30. The molecule has 0 unspecified atom stereocenters. The van der Waals surface area contributed by atoms with Crippen LogP contribution in [0, 0.1) is 0 Å². The zero-order valence-electron chi connectivity index (χ0n) is 11.0. The molecule has 0 spiro atoms. The Labute approximate surface area is 119 Å². The lowest BCUT2D eigenvalue weighted by molar-refractivity contribution is 0.252. The molecule has 0 bridgehead atoms. The summed E-state index contributed by atoms with van der Waals surface area (Å²) in [5.74, 6) is 0.427. The van der Waals surface area contributed by atoms with E-state index in [0.717, 1.165) is 18.0 Å². The predicted molar refractivity (Wildman–Crippen MR) is 75.4 cm³/mol. The van der Waals surface area contributed by atoms with Gasteiger partial charge in [-0.3, -0.25) is 10.00 Å². The molecule has 108 valence electrons. The average Bonchev–Trinajstić information content (AvgIpc) is 3.00. The van der Waals surface area contributed by atoms with E-state index >= 15 is 0 Å². The minimum atomic E-state index is -0.328. The Balaban J connectivity index is 1.71. The maximum Gasteiger partial charge on any atom is 0.320 e. The van der Waals surface area contributed by atoms with E-state index in [1.165, 1.54) is 11.3 Å². The van der Waals surface area contributed by atoms with E-state index in [1.807, 2.05) is 6.92 Å². The third-order valence-corrected chi connectivity index (χ3v) is 3.15. The van der Waals surface area contributed by atoms with Crippen LogP contribution in [0.3, 0.4) is 0 Å². The van der Waals surface area contributed by atoms with Crippen LogP contribution < -0.4 is 16.4 Å². The van der Waals surface area contributed by atoms with Crippen LogP contribution in [0.4, 0.5) is 15.7 Å². The van der Waals surface area contributed by atoms with Gasteiger partial charge < -0.3 is 11.1 Å². The fourth-order valence-corrected chi connectivity index (χ4v) is 2.11. The quantitative estimate of drug-likeness (QED) is 0.712. The molecule has 0 aromatic carbocycles. The summed E-state index contributed by atoms with van der Waals surface area (Å²) in [4.78, 5) is 11.6. The smallest absolute Gasteiger partial charge is 0.320 e. The highest BCUT2D eigenvalue weighted by Crippen LogP contribution is 2.10. The molecule has 2 rings (SSSR count). The van der Waals surface area contributed by atoms with Crippen LogP contribution >= 0.6 is 11.3 Å². The Bertz CT molecular complexity index is 565. The van der Waals surface area contributed by atoms with Gasteiger partial charge in [-0.2, -0.15) is 0 Å². The molecule has 0 aliphatic carbocycles. The van der Waals surface area contributed by atoms with E-state index in [4.69, 9.17) is 5.73 Å². The van der Waals surface area contributed by atoms with Gasteiger partial charge in [0, 0.05) is 19.5 Å². The number of nitrogens with zero attached hydrogens (tertiary/aromatic N) is 5. The molecule has 2 aromatic rings. The second-order valence-corrected chi connectivity index (χ2v) is 5.13. The lowest BCUT2D eigenvalue weighted by Gasteiger charge is -2.03. The number of carbonyl (C=O) groups is 1. The Kier molecular flexibility index (Phi) is 4.82. The van der Waals surface area contributed by atoms with Gasteiger partial charge in [-0.25, -0.2) is 4.79 Å². The first-order valence-corrected chi connectivity index (χ1v) is 7.02. The summed E-state index contributed by atoms with van der Waals surface area (Å²) in [6.07, 6.45) is 3.24. The van der Waals surface area contributed by atoms with Crippen molar-refractivity contribution in [3.63, 3.8) is 0 Å². The topological polar surface area (TPSA) is 124 Å². The van der Waals surface area contributed by atoms with Crippen molar-refractivity contribution in [2.24, 2.45) is 0 Å². The number of urea groups is 1. The second kappa shape index (κ2) is 6.80. The maximum atomic E-state index is 11.6. The van der Waals surface area contributed by atoms with Crippen LogP contribution in [0.5, 0.6) is 0 Å². The van der Waals surface area contributed by atoms with Crippen molar-refractivity contribution >= 4 is 28.3 Å². The van der Waals surface area contributed by atoms with Crippen molar-refractivity contribution < 1.29 is 4.79 Å². The first-order valence-electron chi connectivity index (χ1n) is 6.20. The molecule has 4 N–H and O–H groups in total. The van der Waals surface area contributed by atoms with Gasteiger partial charge >= 0.3 is 6.03 Å². The van der Waals surface area contributed by atoms with Crippen molar-refractivity contribution in [2.45, 2.75) is 26.3 Å². The highest BCUT2D eigenvalue weighted by Gasteiger charge is 2.06. The Morgan fingerprint density at radius 2 is 2.30 bits per heavy atom. The minimum absolute atomic E-state index is 0.328. The van der Waals surface area contributed by atoms with Gasteiger partial charge in [0.25, 0.3) is 0 Å². The van der Waals surface area contributed by atoms with Crippen molar-refractivity contribution in [1.29, 1.82) is 0 Å². The summed E-state index contributed by atoms with van der Waals surface area (Å²) in [6, 6.07) is -0.328. The normalized spacial score (nSPS) is 10.4. The Morgan fingerprint density at radius 3 is 3.00 bits per heavy atom. The molecule has 0 radical (unpaired) electrons. The average molecular weight is 296 g/mol. The van der Waals surface area contributed by atoms with Crippen LogP contribution in [-0.2, 0) is 13.0 Å². The molecule has 0 aliphatic heterocycles. The minimum Gasteiger partial charge on any atom is -0.374 e. The van der Waals surface area contributed by atoms with Crippen molar-refractivity contribution in [2.75, 3.05) is 17.6 Å². The fourth-order valence-electron chi connectivity index (χ4n) is 1.51. The van der Waals surface area contributed by atoms with E-state index in [1.54, 1.807) is 10.9 Å². The van der Waals surface area contributed by atoms with E-state index in [-0.39, 0.29) is 6.03 Å². The van der Waals surface area contributed by atoms with Crippen molar-refractivity contribution in [1.82, 2.24) is 30.5 Å². The third kappa shape index (κ3) is 4.16. The van der Waals surface area contributed by atoms with Crippen LogP contribution in [0.2, 0.25) is 0 Å². The van der Waals surface area contributed by atoms with E-state index in [2.05, 4.69) is 31.1 Å². The summed E-state index contributed by atoms with van der Waals surface area (Å²) < 4.78 is 1.68. The van der Waals surface area contributed by atoms with Gasteiger partial charge in [0.1, 0.15) is 5.01 Å². The molecule has 0 atom stereocenters. The van der Waals surface area contributed by atoms with Gasteiger partial charge in [0.05, 0.1) is 6.20 Å². The van der Waals surface area contributed by atoms with Gasteiger partial charge in [-0.1, -0.05) is 23.5 Å². The number of aromatic nitrogens is 5. The zero-order valence-corrected chi connectivity index (χ0v) is 11.9. The highest BCUT2D eigenvalue weighted by atomic mass is 32.1. The standard InChI is InChI=1S/C10H16N8OS/c1-2-5-18-6-7(14-17-18)13-10(19)12-4-3-8-15-16-9(11)20-8/h6H,2-5H2,1H3,(H2,11,16)(H2,12,13,19). The Morgan fingerprint density at radius 1 is 1.45 bits per heavy atom. The first kappa shape index (κ1) is 14.2. The van der Waals surface area contributed by atoms with Crippen LogP contribution in [-0.4, -0.2) is 37.8 Å². The fraction of sp³-hybridized carbons (Fsp3) is 0.500. The number of amides is 2. The van der Waals surface area contributed by atoms with E-state index in [0.29, 0.717) is 23.9 Å². The molecule has 0 saturated heterocycles. The first-order chi connectivity index (χ1) is 9.67. The van der Waals surface area contributed by atoms with E-state index in [9.17, 15) is 4.79 Å². The molecule has 2 amide bonds. The number of nitrogen functional groups attached to an aromatic ring is 1. The summed E-state index contributed by atoms with van der Waals surface area (Å²) in [6.45, 7) is 3.26. The van der Waals surface area contributed by atoms with E-state index < -0.39 is 0 Å². The Hall–Kier alpha value is -2.23. The third-order valence-electron chi connectivity index (χ3n) is 2.34. The molecule has 20 heavy (non-hydrogen) atoms. The molecular formula is C10H16N8OS. The van der Waals surface area contributed by atoms with Gasteiger partial charge in [-0.05, 0) is 6.42 Å². The number of hydrogen-bond acceptors (Lipinski definition) is 7. The summed E-state index contributed by atoms with van der Waals surface area (Å²) in [7, 11) is 0. The number of aryl methyl sites for hydroxylation is 1. The number of anilines is 2. The molecule has 0 fully saturated rings. The van der Waals surface area contributed by atoms with Gasteiger partial charge in [-0.15, -0.1) is 15.3 Å². The molecule has 0 aliphatic rings. The van der Waals surface area contributed by atoms with Crippen molar-refractivity contribution in [3.05, 3.63) is 11.2 Å². The van der Waals surface area contributed by atoms with Crippen LogP contribution in [0.1, 0.15) is 18.4 Å². The number of carbonyl (C=O) groups excluding carboxylic acids is 1. The number of nitrogens with one attached hydrogen (secondary N) is 2. The molecule has 0 saturated carbocycles. The van der Waals surface area contributed by atoms with Gasteiger partial charge in [0.2, 0.25) is 5.13 Å². The molecule has 2 aromatic heterocycles. The predicted octanol–water partition coefficient (Wildman–Crippen LogP) is 0.486. The largest absolute Gasteiger partial charge is 0.374 e. The SMILES string of the molecule is CCCn1cc(NC(=O)NCCc2nnc(N)s2)nn1. The van der Waals surface area contributed by atoms with Crippen molar-refractivity contribution in [3.8, 4) is 0 Å². The monoisotopic (exact) mass is 296 g/mol. The number of nitrogens with two attached hydrogens (primary N) is 1. The molecular weight excluding hydrogens is 280 g/mol. The zero-order chi connectivity index (χ0) is 14.4. The lowest BCUT2D eigenvalue weighted by atomic mass is 10.4. The van der Waals surface area contributed by atoms with Crippen LogP contribution in [0.25, 0.3) is 0 Å². The van der Waals surface area contributed by atoms with Gasteiger partial charge in [0.15, 0.2) is 5.82 Å². The molecule has 9 nitrogen and oxygen atoms in total. The maximum absolute atomic E-state index is 11.6. The molecule has 2 heterocycles.